The van der Waals surface area contributed by atoms with Crippen LogP contribution in [0.25, 0.3) is 22.3 Å². The summed E-state index contributed by atoms with van der Waals surface area (Å²) in [4.78, 5) is 24.6. The molecule has 0 radical (unpaired) electrons. The SMILES string of the molecule is COC(=O)[C@H](C)NP(=O)(Oc1ccccc1)Oc1cc(O)c2c(=O)cc(-c3ccccc3)oc2c1. The lowest BCUT2D eigenvalue weighted by Gasteiger charge is -2.23. The van der Waals surface area contributed by atoms with Gasteiger partial charge in [-0.3, -0.25) is 9.59 Å². The summed E-state index contributed by atoms with van der Waals surface area (Å²) in [6.45, 7) is 1.43. The Morgan fingerprint density at radius 3 is 2.26 bits per heavy atom. The predicted octanol–water partition coefficient (Wildman–Crippen LogP) is 4.88. The molecule has 3 aromatic carbocycles. The van der Waals surface area contributed by atoms with Crippen LogP contribution < -0.4 is 19.6 Å². The first-order valence-corrected chi connectivity index (χ1v) is 12.1. The third-order valence-corrected chi connectivity index (χ3v) is 6.55. The second-order valence-corrected chi connectivity index (χ2v) is 9.14. The maximum absolute atomic E-state index is 13.6. The topological polar surface area (TPSA) is 124 Å². The molecular formula is C25H22NO8P. The summed E-state index contributed by atoms with van der Waals surface area (Å²) < 4.78 is 35.4. The van der Waals surface area contributed by atoms with Crippen molar-refractivity contribution in [2.75, 3.05) is 7.11 Å². The standard InChI is InChI=1S/C25H22NO8P/c1-16(25(29)31-2)26-35(30,33-18-11-7-4-8-12-18)34-19-13-20(27)24-21(28)15-22(32-23(24)14-19)17-9-5-3-6-10-17/h3-16,27H,1-2H3,(H,26,30)/t16-,35?/m0/s1. The lowest BCUT2D eigenvalue weighted by atomic mass is 10.1. The molecule has 0 bridgehead atoms. The second-order valence-electron chi connectivity index (χ2n) is 7.52. The van der Waals surface area contributed by atoms with Crippen LogP contribution in [0.4, 0.5) is 0 Å². The van der Waals surface area contributed by atoms with E-state index in [4.69, 9.17) is 13.5 Å². The molecule has 35 heavy (non-hydrogen) atoms. The highest BCUT2D eigenvalue weighted by Gasteiger charge is 2.34. The molecule has 1 unspecified atom stereocenters. The van der Waals surface area contributed by atoms with Crippen LogP contribution in [-0.4, -0.2) is 24.2 Å². The van der Waals surface area contributed by atoms with Gasteiger partial charge in [-0.05, 0) is 19.1 Å². The van der Waals surface area contributed by atoms with Crippen LogP contribution in [0.3, 0.4) is 0 Å². The summed E-state index contributed by atoms with van der Waals surface area (Å²) in [5.41, 5.74) is 0.206. The molecule has 180 valence electrons. The van der Waals surface area contributed by atoms with Crippen LogP contribution in [0.5, 0.6) is 17.2 Å². The van der Waals surface area contributed by atoms with Crippen molar-refractivity contribution in [2.45, 2.75) is 13.0 Å². The molecule has 4 aromatic rings. The number of aromatic hydroxyl groups is 1. The zero-order valence-corrected chi connectivity index (χ0v) is 19.7. The van der Waals surface area contributed by atoms with Crippen molar-refractivity contribution in [3.63, 3.8) is 0 Å². The Kier molecular flexibility index (Phi) is 6.91. The van der Waals surface area contributed by atoms with E-state index in [0.29, 0.717) is 5.56 Å². The van der Waals surface area contributed by atoms with E-state index in [1.54, 1.807) is 54.6 Å². The number of carbonyl (C=O) groups is 1. The monoisotopic (exact) mass is 495 g/mol. The first kappa shape index (κ1) is 24.1. The highest BCUT2D eigenvalue weighted by Crippen LogP contribution is 2.46. The lowest BCUT2D eigenvalue weighted by molar-refractivity contribution is -0.142. The molecule has 10 heteroatoms. The molecule has 1 heterocycles. The molecule has 0 spiro atoms. The van der Waals surface area contributed by atoms with Gasteiger partial charge >= 0.3 is 13.7 Å². The number of rotatable bonds is 8. The fraction of sp³-hybridized carbons (Fsp3) is 0.120. The van der Waals surface area contributed by atoms with Gasteiger partial charge in [0.05, 0.1) is 7.11 Å². The van der Waals surface area contributed by atoms with Crippen LogP contribution in [0, 0.1) is 0 Å². The number of benzene rings is 3. The molecule has 0 saturated carbocycles. The minimum absolute atomic E-state index is 0.0126. The number of hydrogen-bond donors (Lipinski definition) is 2. The smallest absolute Gasteiger partial charge is 0.507 e. The molecule has 0 aliphatic carbocycles. The van der Waals surface area contributed by atoms with E-state index < -0.39 is 30.9 Å². The molecule has 9 nitrogen and oxygen atoms in total. The summed E-state index contributed by atoms with van der Waals surface area (Å²) in [7, 11) is -3.06. The Morgan fingerprint density at radius 2 is 1.60 bits per heavy atom. The average Bonchev–Trinajstić information content (AvgIpc) is 2.83. The quantitative estimate of drug-likeness (QED) is 0.260. The number of para-hydroxylation sites is 1. The van der Waals surface area contributed by atoms with Crippen molar-refractivity contribution in [1.29, 1.82) is 0 Å². The number of phenolic OH excluding ortho intramolecular Hbond substituents is 1. The molecule has 0 fully saturated rings. The van der Waals surface area contributed by atoms with E-state index in [-0.39, 0.29) is 28.2 Å². The Morgan fingerprint density at radius 1 is 0.971 bits per heavy atom. The number of phenols is 1. The largest absolute Gasteiger partial charge is 0.513 e. The summed E-state index contributed by atoms with van der Waals surface area (Å²) in [6.07, 6.45) is 0. The molecule has 0 amide bonds. The third kappa shape index (κ3) is 5.54. The minimum atomic E-state index is -4.25. The van der Waals surface area contributed by atoms with Crippen molar-refractivity contribution in [1.82, 2.24) is 5.09 Å². The van der Waals surface area contributed by atoms with Crippen LogP contribution >= 0.6 is 7.75 Å². The van der Waals surface area contributed by atoms with Gasteiger partial charge in [0.25, 0.3) is 0 Å². The van der Waals surface area contributed by atoms with E-state index in [0.717, 1.165) is 6.07 Å². The van der Waals surface area contributed by atoms with Crippen LogP contribution in [0.2, 0.25) is 0 Å². The summed E-state index contributed by atoms with van der Waals surface area (Å²) in [5.74, 6) is -0.750. The molecular weight excluding hydrogens is 473 g/mol. The molecule has 4 rings (SSSR count). The predicted molar refractivity (Wildman–Crippen MR) is 130 cm³/mol. The highest BCUT2D eigenvalue weighted by atomic mass is 31.2. The zero-order valence-electron chi connectivity index (χ0n) is 18.8. The normalized spacial score (nSPS) is 13.5. The number of esters is 1. The van der Waals surface area contributed by atoms with Gasteiger partial charge in [0.2, 0.25) is 0 Å². The first-order valence-electron chi connectivity index (χ1n) is 10.5. The number of fused-ring (bicyclic) bond motifs is 1. The second kappa shape index (κ2) is 10.0. The van der Waals surface area contributed by atoms with Crippen LogP contribution in [-0.2, 0) is 14.1 Å². The van der Waals surface area contributed by atoms with Gasteiger partial charge in [-0.15, -0.1) is 0 Å². The van der Waals surface area contributed by atoms with Crippen molar-refractivity contribution < 1.29 is 32.7 Å². The van der Waals surface area contributed by atoms with Gasteiger partial charge in [0.1, 0.15) is 40.0 Å². The van der Waals surface area contributed by atoms with E-state index >= 15 is 0 Å². The zero-order chi connectivity index (χ0) is 25.0. The minimum Gasteiger partial charge on any atom is -0.507 e. The van der Waals surface area contributed by atoms with E-state index in [2.05, 4.69) is 9.82 Å². The van der Waals surface area contributed by atoms with E-state index in [1.165, 1.54) is 26.2 Å². The van der Waals surface area contributed by atoms with Crippen LogP contribution in [0.1, 0.15) is 6.92 Å². The number of nitrogens with one attached hydrogen (secondary N) is 1. The molecule has 0 aliphatic heterocycles. The van der Waals surface area contributed by atoms with Gasteiger partial charge in [0, 0.05) is 23.8 Å². The maximum atomic E-state index is 13.6. The van der Waals surface area contributed by atoms with Crippen molar-refractivity contribution in [2.24, 2.45) is 0 Å². The van der Waals surface area contributed by atoms with Crippen molar-refractivity contribution in [3.8, 4) is 28.6 Å². The Balaban J connectivity index is 1.75. The van der Waals surface area contributed by atoms with Crippen molar-refractivity contribution in [3.05, 3.63) is 89.1 Å². The third-order valence-electron chi connectivity index (χ3n) is 4.94. The van der Waals surface area contributed by atoms with Gasteiger partial charge < -0.3 is 23.3 Å². The number of carbonyl (C=O) groups excluding carboxylic acids is 1. The van der Waals surface area contributed by atoms with Crippen molar-refractivity contribution >= 4 is 24.7 Å². The van der Waals surface area contributed by atoms with E-state index in [1.807, 2.05) is 6.07 Å². The number of hydrogen-bond acceptors (Lipinski definition) is 8. The van der Waals surface area contributed by atoms with Gasteiger partial charge in [0.15, 0.2) is 5.43 Å². The fourth-order valence-corrected chi connectivity index (χ4v) is 4.84. The maximum Gasteiger partial charge on any atom is 0.513 e. The molecule has 0 saturated heterocycles. The lowest BCUT2D eigenvalue weighted by Crippen LogP contribution is -2.35. The Labute approximate surface area is 200 Å². The first-order chi connectivity index (χ1) is 16.8. The molecule has 1 aromatic heterocycles. The summed E-state index contributed by atoms with van der Waals surface area (Å²) in [5, 5.41) is 13.0. The Hall–Kier alpha value is -4.07. The number of methoxy groups -OCH3 is 1. The summed E-state index contributed by atoms with van der Waals surface area (Å²) in [6, 6.07) is 19.8. The average molecular weight is 495 g/mol. The highest BCUT2D eigenvalue weighted by molar-refractivity contribution is 7.52. The van der Waals surface area contributed by atoms with Gasteiger partial charge in [-0.2, -0.15) is 5.09 Å². The van der Waals surface area contributed by atoms with E-state index in [9.17, 15) is 19.3 Å². The van der Waals surface area contributed by atoms with Gasteiger partial charge in [-0.25, -0.2) is 4.57 Å². The number of ether oxygens (including phenoxy) is 1. The molecule has 2 atom stereocenters. The fourth-order valence-electron chi connectivity index (χ4n) is 3.34. The Bertz CT molecular complexity index is 1450. The van der Waals surface area contributed by atoms with Gasteiger partial charge in [-0.1, -0.05) is 48.5 Å². The molecule has 2 N–H and O–H groups in total. The molecule has 0 aliphatic rings. The van der Waals surface area contributed by atoms with Crippen LogP contribution in [0.15, 0.2) is 88.1 Å². The summed E-state index contributed by atoms with van der Waals surface area (Å²) >= 11 is 0.